The van der Waals surface area contributed by atoms with E-state index in [0.717, 1.165) is 22.0 Å². The van der Waals surface area contributed by atoms with Crippen molar-refractivity contribution in [1.82, 2.24) is 10.3 Å². The summed E-state index contributed by atoms with van der Waals surface area (Å²) in [6.45, 7) is -0.450. The molecule has 0 radical (unpaired) electrons. The van der Waals surface area contributed by atoms with Gasteiger partial charge in [0.05, 0.1) is 12.5 Å². The molecular formula is C24H24N2O5. The number of fused-ring (bicyclic) bond motifs is 1. The van der Waals surface area contributed by atoms with Crippen LogP contribution in [-0.4, -0.2) is 42.6 Å². The number of benzene rings is 2. The maximum atomic E-state index is 12.6. The van der Waals surface area contributed by atoms with Crippen molar-refractivity contribution in [1.29, 1.82) is 0 Å². The maximum absolute atomic E-state index is 12.6. The largest absolute Gasteiger partial charge is 0.467 e. The Labute approximate surface area is 179 Å². The zero-order chi connectivity index (χ0) is 21.8. The summed E-state index contributed by atoms with van der Waals surface area (Å²) in [6, 6.07) is 16.2. The first-order valence-electron chi connectivity index (χ1n) is 10.2. The molecule has 1 fully saturated rings. The Kier molecular flexibility index (Phi) is 5.75. The third kappa shape index (κ3) is 4.30. The van der Waals surface area contributed by atoms with Crippen LogP contribution in [0.15, 0.2) is 60.8 Å². The van der Waals surface area contributed by atoms with Crippen molar-refractivity contribution in [3.63, 3.8) is 0 Å². The highest BCUT2D eigenvalue weighted by atomic mass is 16.5. The van der Waals surface area contributed by atoms with Crippen molar-refractivity contribution in [2.24, 2.45) is 0 Å². The zero-order valence-corrected chi connectivity index (χ0v) is 17.2. The molecule has 0 unspecified atom stereocenters. The van der Waals surface area contributed by atoms with Crippen LogP contribution in [0.4, 0.5) is 0 Å². The van der Waals surface area contributed by atoms with Crippen LogP contribution < -0.4 is 5.32 Å². The highest BCUT2D eigenvalue weighted by Gasteiger charge is 2.52. The number of esters is 2. The van der Waals surface area contributed by atoms with Crippen molar-refractivity contribution >= 4 is 28.7 Å². The standard InChI is InChI=1S/C24H24N2O5/c1-30-22(28)20(13-16-14-25-19-10-6-5-9-18(16)19)26-21(27)15-31-23(29)24(11-12-24)17-7-3-2-4-8-17/h2-10,14,20,25H,11-13,15H2,1H3,(H,26,27)/t20-/m1/s1. The SMILES string of the molecule is COC(=O)[C@@H](Cc1c[nH]c2ccccc12)NC(=O)COC(=O)C1(c2ccccc2)CC1. The van der Waals surface area contributed by atoms with Gasteiger partial charge in [-0.05, 0) is 30.0 Å². The molecule has 31 heavy (non-hydrogen) atoms. The molecule has 1 saturated carbocycles. The van der Waals surface area contributed by atoms with Crippen molar-refractivity contribution in [3.05, 3.63) is 71.9 Å². The normalized spacial score (nSPS) is 15.1. The average Bonchev–Trinajstić information content (AvgIpc) is 3.53. The Morgan fingerprint density at radius 2 is 1.77 bits per heavy atom. The zero-order valence-electron chi connectivity index (χ0n) is 17.2. The van der Waals surface area contributed by atoms with Gasteiger partial charge >= 0.3 is 11.9 Å². The molecule has 7 nitrogen and oxygen atoms in total. The van der Waals surface area contributed by atoms with Crippen LogP contribution >= 0.6 is 0 Å². The predicted octanol–water partition coefficient (Wildman–Crippen LogP) is 2.64. The minimum Gasteiger partial charge on any atom is -0.467 e. The van der Waals surface area contributed by atoms with Gasteiger partial charge in [0.15, 0.2) is 6.61 Å². The van der Waals surface area contributed by atoms with Crippen LogP contribution in [0.2, 0.25) is 0 Å². The van der Waals surface area contributed by atoms with Crippen LogP contribution in [0.1, 0.15) is 24.0 Å². The third-order valence-corrected chi connectivity index (χ3v) is 5.72. The lowest BCUT2D eigenvalue weighted by Gasteiger charge is -2.18. The Hall–Kier alpha value is -3.61. The minimum absolute atomic E-state index is 0.254. The summed E-state index contributed by atoms with van der Waals surface area (Å²) >= 11 is 0. The first-order valence-corrected chi connectivity index (χ1v) is 10.2. The van der Waals surface area contributed by atoms with E-state index in [2.05, 4.69) is 10.3 Å². The summed E-state index contributed by atoms with van der Waals surface area (Å²) in [6.07, 6.45) is 3.46. The molecule has 0 spiro atoms. The molecule has 2 N–H and O–H groups in total. The fourth-order valence-corrected chi connectivity index (χ4v) is 3.85. The maximum Gasteiger partial charge on any atom is 0.328 e. The summed E-state index contributed by atoms with van der Waals surface area (Å²) in [5.41, 5.74) is 2.06. The van der Waals surface area contributed by atoms with E-state index in [1.54, 1.807) is 0 Å². The van der Waals surface area contributed by atoms with Crippen LogP contribution in [-0.2, 0) is 35.7 Å². The van der Waals surface area contributed by atoms with Crippen LogP contribution in [0.5, 0.6) is 0 Å². The van der Waals surface area contributed by atoms with E-state index in [0.29, 0.717) is 12.8 Å². The molecule has 160 valence electrons. The molecule has 1 heterocycles. The second-order valence-electron chi connectivity index (χ2n) is 7.73. The van der Waals surface area contributed by atoms with Gasteiger partial charge in [-0.1, -0.05) is 48.5 Å². The summed E-state index contributed by atoms with van der Waals surface area (Å²) < 4.78 is 10.1. The second kappa shape index (κ2) is 8.63. The number of hydrogen-bond acceptors (Lipinski definition) is 5. The molecule has 1 aromatic heterocycles. The van der Waals surface area contributed by atoms with Crippen molar-refractivity contribution < 1.29 is 23.9 Å². The van der Waals surface area contributed by atoms with Crippen LogP contribution in [0, 0.1) is 0 Å². The molecule has 3 aromatic rings. The Morgan fingerprint density at radius 1 is 1.06 bits per heavy atom. The number of hydrogen-bond donors (Lipinski definition) is 2. The summed E-state index contributed by atoms with van der Waals surface area (Å²) in [7, 11) is 1.27. The number of ether oxygens (including phenoxy) is 2. The smallest absolute Gasteiger partial charge is 0.328 e. The lowest BCUT2D eigenvalue weighted by Crippen LogP contribution is -2.45. The topological polar surface area (TPSA) is 97.5 Å². The van der Waals surface area contributed by atoms with E-state index in [4.69, 9.17) is 9.47 Å². The molecule has 7 heteroatoms. The first kappa shape index (κ1) is 20.7. The van der Waals surface area contributed by atoms with E-state index in [1.165, 1.54) is 7.11 Å². The quantitative estimate of drug-likeness (QED) is 0.546. The van der Waals surface area contributed by atoms with Crippen LogP contribution in [0.25, 0.3) is 10.9 Å². The Morgan fingerprint density at radius 3 is 2.48 bits per heavy atom. The number of aromatic nitrogens is 1. The number of carbonyl (C=O) groups is 3. The van der Waals surface area contributed by atoms with Gasteiger partial charge in [0.25, 0.3) is 5.91 Å². The fraction of sp³-hybridized carbons (Fsp3) is 0.292. The number of para-hydroxylation sites is 1. The number of aromatic amines is 1. The lowest BCUT2D eigenvalue weighted by molar-refractivity contribution is -0.152. The molecule has 2 aromatic carbocycles. The van der Waals surface area contributed by atoms with Gasteiger partial charge in [-0.15, -0.1) is 0 Å². The van der Waals surface area contributed by atoms with Crippen molar-refractivity contribution in [3.8, 4) is 0 Å². The Bertz CT molecular complexity index is 1100. The first-order chi connectivity index (χ1) is 15.0. The van der Waals surface area contributed by atoms with Gasteiger partial charge in [0.1, 0.15) is 6.04 Å². The number of methoxy groups -OCH3 is 1. The Balaban J connectivity index is 1.38. The number of amides is 1. The van der Waals surface area contributed by atoms with Gasteiger partial charge in [-0.2, -0.15) is 0 Å². The second-order valence-corrected chi connectivity index (χ2v) is 7.73. The van der Waals surface area contributed by atoms with Gasteiger partial charge in [-0.25, -0.2) is 4.79 Å². The molecule has 0 bridgehead atoms. The summed E-state index contributed by atoms with van der Waals surface area (Å²) in [4.78, 5) is 40.5. The van der Waals surface area contributed by atoms with E-state index < -0.39 is 35.9 Å². The molecule has 1 amide bonds. The molecule has 1 aliphatic carbocycles. The number of carbonyl (C=O) groups excluding carboxylic acids is 3. The van der Waals surface area contributed by atoms with Crippen molar-refractivity contribution in [2.45, 2.75) is 30.7 Å². The molecule has 0 saturated heterocycles. The lowest BCUT2D eigenvalue weighted by atomic mass is 9.96. The number of nitrogens with one attached hydrogen (secondary N) is 2. The molecule has 4 rings (SSSR count). The third-order valence-electron chi connectivity index (χ3n) is 5.72. The molecule has 1 aliphatic rings. The van der Waals surface area contributed by atoms with E-state index in [1.807, 2.05) is 60.8 Å². The summed E-state index contributed by atoms with van der Waals surface area (Å²) in [5, 5.41) is 3.60. The number of rotatable bonds is 8. The fourth-order valence-electron chi connectivity index (χ4n) is 3.85. The molecule has 1 atom stereocenters. The molecular weight excluding hydrogens is 396 g/mol. The van der Waals surface area contributed by atoms with Gasteiger partial charge in [0, 0.05) is 23.5 Å². The van der Waals surface area contributed by atoms with Gasteiger partial charge < -0.3 is 19.8 Å². The molecule has 0 aliphatic heterocycles. The van der Waals surface area contributed by atoms with Gasteiger partial charge in [0.2, 0.25) is 0 Å². The highest BCUT2D eigenvalue weighted by Crippen LogP contribution is 2.49. The number of H-pyrrole nitrogens is 1. The monoisotopic (exact) mass is 420 g/mol. The van der Waals surface area contributed by atoms with E-state index in [-0.39, 0.29) is 6.42 Å². The average molecular weight is 420 g/mol. The van der Waals surface area contributed by atoms with Crippen LogP contribution in [0.3, 0.4) is 0 Å². The predicted molar refractivity (Wildman–Crippen MR) is 114 cm³/mol. The van der Waals surface area contributed by atoms with E-state index >= 15 is 0 Å². The summed E-state index contributed by atoms with van der Waals surface area (Å²) in [5.74, 6) is -1.53. The minimum atomic E-state index is -0.889. The van der Waals surface area contributed by atoms with E-state index in [9.17, 15) is 14.4 Å². The van der Waals surface area contributed by atoms with Gasteiger partial charge in [-0.3, -0.25) is 9.59 Å². The highest BCUT2D eigenvalue weighted by molar-refractivity contribution is 5.91. The van der Waals surface area contributed by atoms with Crippen molar-refractivity contribution in [2.75, 3.05) is 13.7 Å².